The number of aromatic nitrogens is 1. The smallest absolute Gasteiger partial charge is 0.341 e. The molecule has 0 saturated carbocycles. The Hall–Kier alpha value is -1.62. The molecule has 0 aromatic carbocycles. The Morgan fingerprint density at radius 1 is 1.71 bits per heavy atom. The number of hydrogen-bond donors (Lipinski definition) is 2. The van der Waals surface area contributed by atoms with Crippen LogP contribution in [-0.2, 0) is 4.74 Å². The maximum Gasteiger partial charge on any atom is 0.341 e. The van der Waals surface area contributed by atoms with Crippen molar-refractivity contribution in [1.82, 2.24) is 10.3 Å². The van der Waals surface area contributed by atoms with E-state index in [0.29, 0.717) is 17.3 Å². The molecule has 1 unspecified atom stereocenters. The second kappa shape index (κ2) is 5.63. The van der Waals surface area contributed by atoms with Gasteiger partial charge in [0, 0.05) is 12.7 Å². The maximum absolute atomic E-state index is 11.5. The van der Waals surface area contributed by atoms with E-state index in [0.717, 1.165) is 26.1 Å². The minimum Gasteiger partial charge on any atom is -0.465 e. The van der Waals surface area contributed by atoms with Gasteiger partial charge in [0.05, 0.1) is 7.11 Å². The van der Waals surface area contributed by atoms with Crippen LogP contribution >= 0.6 is 0 Å². The lowest BCUT2D eigenvalue weighted by atomic mass is 10.1. The van der Waals surface area contributed by atoms with Gasteiger partial charge in [-0.3, -0.25) is 0 Å². The van der Waals surface area contributed by atoms with E-state index < -0.39 is 0 Å². The minimum atomic E-state index is -0.356. The van der Waals surface area contributed by atoms with Crippen LogP contribution in [0.15, 0.2) is 18.3 Å². The third-order valence-corrected chi connectivity index (χ3v) is 2.93. The van der Waals surface area contributed by atoms with Crippen LogP contribution in [0.1, 0.15) is 16.8 Å². The number of pyridine rings is 1. The molecule has 1 aliphatic heterocycles. The fourth-order valence-corrected chi connectivity index (χ4v) is 1.95. The van der Waals surface area contributed by atoms with Crippen LogP contribution in [0, 0.1) is 5.92 Å². The highest BCUT2D eigenvalue weighted by Gasteiger charge is 2.16. The largest absolute Gasteiger partial charge is 0.465 e. The number of anilines is 1. The Morgan fingerprint density at radius 3 is 3.29 bits per heavy atom. The quantitative estimate of drug-likeness (QED) is 0.759. The summed E-state index contributed by atoms with van der Waals surface area (Å²) in [5.41, 5.74) is 0.487. The molecule has 0 spiro atoms. The summed E-state index contributed by atoms with van der Waals surface area (Å²) in [6.07, 6.45) is 2.83. The fraction of sp³-hybridized carbons (Fsp3) is 0.500. The van der Waals surface area contributed by atoms with Gasteiger partial charge >= 0.3 is 5.97 Å². The summed E-state index contributed by atoms with van der Waals surface area (Å²) < 4.78 is 4.72. The SMILES string of the molecule is COC(=O)c1cccnc1NCC1CCNC1. The van der Waals surface area contributed by atoms with Crippen molar-refractivity contribution in [2.45, 2.75) is 6.42 Å². The lowest BCUT2D eigenvalue weighted by Gasteiger charge is -2.12. The molecule has 2 heterocycles. The molecule has 1 aromatic heterocycles. The summed E-state index contributed by atoms with van der Waals surface area (Å²) in [7, 11) is 1.38. The standard InChI is InChI=1S/C12H17N3O2/c1-17-12(16)10-3-2-5-14-11(10)15-8-9-4-6-13-7-9/h2-3,5,9,13H,4,6-8H2,1H3,(H,14,15). The molecule has 2 N–H and O–H groups in total. The average Bonchev–Trinajstić information content (AvgIpc) is 2.89. The minimum absolute atomic E-state index is 0.356. The molecule has 1 atom stereocenters. The highest BCUT2D eigenvalue weighted by atomic mass is 16.5. The molecule has 0 radical (unpaired) electrons. The van der Waals surface area contributed by atoms with E-state index in [2.05, 4.69) is 15.6 Å². The monoisotopic (exact) mass is 235 g/mol. The van der Waals surface area contributed by atoms with Gasteiger partial charge in [-0.1, -0.05) is 0 Å². The van der Waals surface area contributed by atoms with Crippen LogP contribution in [0.4, 0.5) is 5.82 Å². The lowest BCUT2D eigenvalue weighted by molar-refractivity contribution is 0.0601. The molecular weight excluding hydrogens is 218 g/mol. The van der Waals surface area contributed by atoms with Crippen molar-refractivity contribution in [3.63, 3.8) is 0 Å². The predicted octanol–water partition coefficient (Wildman–Crippen LogP) is 0.890. The number of carbonyl (C=O) groups excluding carboxylic acids is 1. The van der Waals surface area contributed by atoms with E-state index in [9.17, 15) is 4.79 Å². The number of rotatable bonds is 4. The van der Waals surface area contributed by atoms with E-state index in [1.807, 2.05) is 0 Å². The Balaban J connectivity index is 2.01. The average molecular weight is 235 g/mol. The van der Waals surface area contributed by atoms with Crippen molar-refractivity contribution in [3.05, 3.63) is 23.9 Å². The number of carbonyl (C=O) groups is 1. The van der Waals surface area contributed by atoms with Crippen LogP contribution in [0.3, 0.4) is 0 Å². The van der Waals surface area contributed by atoms with Crippen molar-refractivity contribution in [1.29, 1.82) is 0 Å². The third-order valence-electron chi connectivity index (χ3n) is 2.93. The summed E-state index contributed by atoms with van der Waals surface area (Å²) in [4.78, 5) is 15.7. The predicted molar refractivity (Wildman–Crippen MR) is 65.0 cm³/mol. The molecule has 92 valence electrons. The topological polar surface area (TPSA) is 63.2 Å². The van der Waals surface area contributed by atoms with E-state index in [1.165, 1.54) is 7.11 Å². The highest BCUT2D eigenvalue weighted by Crippen LogP contribution is 2.14. The van der Waals surface area contributed by atoms with Crippen LogP contribution < -0.4 is 10.6 Å². The van der Waals surface area contributed by atoms with Crippen LogP contribution in [0.25, 0.3) is 0 Å². The Morgan fingerprint density at radius 2 is 2.59 bits per heavy atom. The van der Waals surface area contributed by atoms with Crippen molar-refractivity contribution < 1.29 is 9.53 Å². The molecule has 5 nitrogen and oxygen atoms in total. The molecule has 1 aromatic rings. The molecule has 0 amide bonds. The van der Waals surface area contributed by atoms with Gasteiger partial charge in [0.1, 0.15) is 11.4 Å². The van der Waals surface area contributed by atoms with Crippen molar-refractivity contribution in [2.24, 2.45) is 5.92 Å². The zero-order valence-corrected chi connectivity index (χ0v) is 9.90. The zero-order chi connectivity index (χ0) is 12.1. The normalized spacial score (nSPS) is 19.0. The molecule has 0 aliphatic carbocycles. The maximum atomic E-state index is 11.5. The van der Waals surface area contributed by atoms with Gasteiger partial charge in [0.15, 0.2) is 0 Å². The van der Waals surface area contributed by atoms with Crippen molar-refractivity contribution in [2.75, 3.05) is 32.1 Å². The molecule has 2 rings (SSSR count). The molecule has 1 aliphatic rings. The van der Waals surface area contributed by atoms with E-state index in [-0.39, 0.29) is 5.97 Å². The number of methoxy groups -OCH3 is 1. The summed E-state index contributed by atoms with van der Waals surface area (Å²) >= 11 is 0. The fourth-order valence-electron chi connectivity index (χ4n) is 1.95. The molecule has 1 fully saturated rings. The first-order valence-electron chi connectivity index (χ1n) is 5.79. The Labute approximate surface area is 101 Å². The molecule has 5 heteroatoms. The van der Waals surface area contributed by atoms with E-state index >= 15 is 0 Å². The highest BCUT2D eigenvalue weighted by molar-refractivity contribution is 5.94. The van der Waals surface area contributed by atoms with Gasteiger partial charge < -0.3 is 15.4 Å². The molecule has 17 heavy (non-hydrogen) atoms. The van der Waals surface area contributed by atoms with Gasteiger partial charge in [-0.15, -0.1) is 0 Å². The molecule has 0 bridgehead atoms. The summed E-state index contributed by atoms with van der Waals surface area (Å²) in [6.45, 7) is 2.92. The van der Waals surface area contributed by atoms with Gasteiger partial charge in [-0.05, 0) is 37.6 Å². The second-order valence-corrected chi connectivity index (χ2v) is 4.13. The number of esters is 1. The van der Waals surface area contributed by atoms with Crippen molar-refractivity contribution >= 4 is 11.8 Å². The number of nitrogens with zero attached hydrogens (tertiary/aromatic N) is 1. The molecular formula is C12H17N3O2. The summed E-state index contributed by atoms with van der Waals surface area (Å²) in [5, 5.41) is 6.52. The molecule has 1 saturated heterocycles. The third kappa shape index (κ3) is 2.94. The second-order valence-electron chi connectivity index (χ2n) is 4.13. The van der Waals surface area contributed by atoms with Gasteiger partial charge in [-0.25, -0.2) is 9.78 Å². The summed E-state index contributed by atoms with van der Waals surface area (Å²) in [6, 6.07) is 3.45. The van der Waals surface area contributed by atoms with Gasteiger partial charge in [0.25, 0.3) is 0 Å². The van der Waals surface area contributed by atoms with E-state index in [1.54, 1.807) is 18.3 Å². The zero-order valence-electron chi connectivity index (χ0n) is 9.90. The first-order chi connectivity index (χ1) is 8.31. The number of ether oxygens (including phenoxy) is 1. The summed E-state index contributed by atoms with van der Waals surface area (Å²) in [5.74, 6) is 0.846. The number of hydrogen-bond acceptors (Lipinski definition) is 5. The Bertz CT molecular complexity index is 389. The van der Waals surface area contributed by atoms with Crippen molar-refractivity contribution in [3.8, 4) is 0 Å². The first-order valence-corrected chi connectivity index (χ1v) is 5.79. The van der Waals surface area contributed by atoms with Crippen LogP contribution in [-0.4, -0.2) is 37.7 Å². The van der Waals surface area contributed by atoms with Gasteiger partial charge in [-0.2, -0.15) is 0 Å². The van der Waals surface area contributed by atoms with E-state index in [4.69, 9.17) is 4.74 Å². The van der Waals surface area contributed by atoms with Crippen LogP contribution in [0.2, 0.25) is 0 Å². The number of nitrogens with one attached hydrogen (secondary N) is 2. The first kappa shape index (κ1) is 11.9. The Kier molecular flexibility index (Phi) is 3.93. The van der Waals surface area contributed by atoms with Crippen LogP contribution in [0.5, 0.6) is 0 Å². The lowest BCUT2D eigenvalue weighted by Crippen LogP contribution is -2.19. The van der Waals surface area contributed by atoms with Gasteiger partial charge in [0.2, 0.25) is 0 Å².